The van der Waals surface area contributed by atoms with Crippen molar-refractivity contribution in [2.24, 2.45) is 11.8 Å². The van der Waals surface area contributed by atoms with E-state index in [9.17, 15) is 0 Å². The number of rotatable bonds is 1. The summed E-state index contributed by atoms with van der Waals surface area (Å²) in [7, 11) is 0. The fraction of sp³-hybridized carbons (Fsp3) is 0.286. The third-order valence-corrected chi connectivity index (χ3v) is 8.21. The average molecular weight is 410 g/mol. The van der Waals surface area contributed by atoms with Crippen molar-refractivity contribution >= 4 is 28.1 Å². The molecule has 4 aliphatic rings. The van der Waals surface area contributed by atoms with Gasteiger partial charge in [-0.05, 0) is 70.3 Å². The fourth-order valence-corrected chi connectivity index (χ4v) is 6.90. The van der Waals surface area contributed by atoms with Crippen LogP contribution in [0.4, 0.5) is 5.69 Å². The molecule has 3 aromatic rings. The summed E-state index contributed by atoms with van der Waals surface area (Å²) >= 11 is 6.25. The van der Waals surface area contributed by atoms with Crippen LogP contribution >= 0.6 is 11.6 Å². The van der Waals surface area contributed by atoms with Crippen LogP contribution in [0.2, 0.25) is 5.02 Å². The summed E-state index contributed by atoms with van der Waals surface area (Å²) in [5, 5.41) is 3.66. The Kier molecular flexibility index (Phi) is 3.58. The predicted molar refractivity (Wildman–Crippen MR) is 125 cm³/mol. The zero-order valence-electron chi connectivity index (χ0n) is 16.8. The molecular weight excluding hydrogens is 386 g/mol. The van der Waals surface area contributed by atoms with E-state index in [2.05, 4.69) is 83.8 Å². The van der Waals surface area contributed by atoms with Crippen molar-refractivity contribution < 1.29 is 0 Å². The molecule has 5 atom stereocenters. The zero-order chi connectivity index (χ0) is 19.8. The van der Waals surface area contributed by atoms with Crippen molar-refractivity contribution in [3.63, 3.8) is 0 Å². The lowest BCUT2D eigenvalue weighted by Crippen LogP contribution is -2.46. The fourth-order valence-electron chi connectivity index (χ4n) is 6.77. The highest BCUT2D eigenvalue weighted by atomic mass is 35.5. The minimum absolute atomic E-state index is 0.413. The summed E-state index contributed by atoms with van der Waals surface area (Å²) in [6.45, 7) is 1.15. The van der Waals surface area contributed by atoms with Crippen molar-refractivity contribution in [3.8, 4) is 0 Å². The second-order valence-electron chi connectivity index (χ2n) is 9.40. The van der Waals surface area contributed by atoms with E-state index in [1.807, 2.05) is 0 Å². The smallest absolute Gasteiger partial charge is 0.0582 e. The first-order valence-corrected chi connectivity index (χ1v) is 11.6. The highest BCUT2D eigenvalue weighted by Crippen LogP contribution is 2.60. The van der Waals surface area contributed by atoms with Crippen molar-refractivity contribution in [1.29, 1.82) is 0 Å². The number of nitrogens with zero attached hydrogens (tertiary/aromatic N) is 1. The van der Waals surface area contributed by atoms with Gasteiger partial charge in [-0.2, -0.15) is 0 Å². The molecule has 0 bridgehead atoms. The molecule has 7 rings (SSSR count). The second kappa shape index (κ2) is 6.25. The zero-order valence-corrected chi connectivity index (χ0v) is 17.6. The van der Waals surface area contributed by atoms with Gasteiger partial charge in [0.15, 0.2) is 0 Å². The van der Waals surface area contributed by atoms with E-state index in [4.69, 9.17) is 11.6 Å². The van der Waals surface area contributed by atoms with Gasteiger partial charge in [0.1, 0.15) is 0 Å². The minimum Gasteiger partial charge on any atom is -0.363 e. The first-order chi connectivity index (χ1) is 14.8. The van der Waals surface area contributed by atoms with Crippen LogP contribution in [0.3, 0.4) is 0 Å². The number of fused-ring (bicyclic) bond motifs is 6. The minimum atomic E-state index is 0.413. The molecule has 0 radical (unpaired) electrons. The largest absolute Gasteiger partial charge is 0.363 e. The Morgan fingerprint density at radius 2 is 1.67 bits per heavy atom. The van der Waals surface area contributed by atoms with Gasteiger partial charge in [0.05, 0.1) is 6.04 Å². The lowest BCUT2D eigenvalue weighted by atomic mass is 9.69. The van der Waals surface area contributed by atoms with Crippen molar-refractivity contribution in [3.05, 3.63) is 101 Å². The summed E-state index contributed by atoms with van der Waals surface area (Å²) in [6, 6.07) is 20.6. The third kappa shape index (κ3) is 2.25. The monoisotopic (exact) mass is 409 g/mol. The molecule has 30 heavy (non-hydrogen) atoms. The van der Waals surface area contributed by atoms with E-state index >= 15 is 0 Å². The number of hydrogen-bond donors (Lipinski definition) is 0. The molecular formula is C28H24ClN. The summed E-state index contributed by atoms with van der Waals surface area (Å²) < 4.78 is 0. The molecule has 0 N–H and O–H groups in total. The van der Waals surface area contributed by atoms with E-state index in [0.29, 0.717) is 29.7 Å². The van der Waals surface area contributed by atoms with E-state index in [-0.39, 0.29) is 0 Å². The van der Waals surface area contributed by atoms with E-state index in [0.717, 1.165) is 18.0 Å². The van der Waals surface area contributed by atoms with Crippen LogP contribution in [0.5, 0.6) is 0 Å². The third-order valence-electron chi connectivity index (χ3n) is 7.96. The van der Waals surface area contributed by atoms with Crippen LogP contribution in [0.15, 0.2) is 78.9 Å². The van der Waals surface area contributed by atoms with Crippen LogP contribution < -0.4 is 4.90 Å². The number of benzene rings is 3. The van der Waals surface area contributed by atoms with Crippen LogP contribution in [-0.4, -0.2) is 6.54 Å². The van der Waals surface area contributed by atoms with Gasteiger partial charge in [0.2, 0.25) is 0 Å². The Bertz CT molecular complexity index is 1220. The standard InChI is InChI=1S/C28H24ClN/c29-20-13-11-17(12-14-20)27-24-10-4-9-23(24)26-22-7-2-1-5-18(22)15-25-21-8-3-6-19(21)16-30(27)28(25)26/h1-5,7-9,11-15,19,21,23-24,27H,6,10,16H2/t19-,21+,23-,24+,27+/m1/s1. The van der Waals surface area contributed by atoms with E-state index in [1.165, 1.54) is 28.4 Å². The maximum Gasteiger partial charge on any atom is 0.0582 e. The van der Waals surface area contributed by atoms with Crippen molar-refractivity contribution in [1.82, 2.24) is 0 Å². The van der Waals surface area contributed by atoms with Gasteiger partial charge in [-0.1, -0.05) is 72.3 Å². The van der Waals surface area contributed by atoms with E-state index in [1.54, 1.807) is 11.1 Å². The molecule has 0 fully saturated rings. The highest BCUT2D eigenvalue weighted by Gasteiger charge is 2.48. The van der Waals surface area contributed by atoms with Gasteiger partial charge in [-0.15, -0.1) is 0 Å². The number of halogens is 1. The molecule has 0 unspecified atom stereocenters. The molecule has 2 aliphatic carbocycles. The normalized spacial score (nSPS) is 30.4. The Morgan fingerprint density at radius 1 is 0.867 bits per heavy atom. The lowest BCUT2D eigenvalue weighted by molar-refractivity contribution is 0.336. The van der Waals surface area contributed by atoms with Crippen LogP contribution in [0, 0.1) is 11.8 Å². The Labute approximate surface area is 182 Å². The molecule has 2 heterocycles. The van der Waals surface area contributed by atoms with Crippen molar-refractivity contribution in [2.75, 3.05) is 11.4 Å². The quantitative estimate of drug-likeness (QED) is 0.379. The SMILES string of the molecule is Clc1ccc([C@H]2[C@H]3CC=C[C@H]3c3c4c(cc5ccccc35)[C@H]3C=CC[C@@H]3CN42)cc1. The van der Waals surface area contributed by atoms with Crippen molar-refractivity contribution in [2.45, 2.75) is 30.7 Å². The molecule has 148 valence electrons. The summed E-state index contributed by atoms with van der Waals surface area (Å²) in [5.41, 5.74) is 6.05. The van der Waals surface area contributed by atoms with Gasteiger partial charge in [0.25, 0.3) is 0 Å². The maximum atomic E-state index is 6.25. The first-order valence-electron chi connectivity index (χ1n) is 11.2. The van der Waals surface area contributed by atoms with Gasteiger partial charge >= 0.3 is 0 Å². The Morgan fingerprint density at radius 3 is 2.57 bits per heavy atom. The number of allylic oxidation sites excluding steroid dienone is 4. The second-order valence-corrected chi connectivity index (χ2v) is 9.84. The molecule has 2 heteroatoms. The Balaban J connectivity index is 1.54. The lowest BCUT2D eigenvalue weighted by Gasteiger charge is -2.51. The van der Waals surface area contributed by atoms with Gasteiger partial charge in [-0.3, -0.25) is 0 Å². The molecule has 0 amide bonds. The predicted octanol–water partition coefficient (Wildman–Crippen LogP) is 7.39. The topological polar surface area (TPSA) is 3.24 Å². The molecule has 2 aliphatic heterocycles. The number of anilines is 1. The molecule has 1 nitrogen and oxygen atoms in total. The summed E-state index contributed by atoms with van der Waals surface area (Å²) in [4.78, 5) is 2.78. The van der Waals surface area contributed by atoms with Gasteiger partial charge < -0.3 is 4.90 Å². The van der Waals surface area contributed by atoms with E-state index < -0.39 is 0 Å². The molecule has 0 aromatic heterocycles. The maximum absolute atomic E-state index is 6.25. The molecule has 0 saturated carbocycles. The molecule has 0 saturated heterocycles. The van der Waals surface area contributed by atoms with Gasteiger partial charge in [0, 0.05) is 29.1 Å². The van der Waals surface area contributed by atoms with Crippen LogP contribution in [-0.2, 0) is 0 Å². The highest BCUT2D eigenvalue weighted by molar-refractivity contribution is 6.30. The average Bonchev–Trinajstić information content (AvgIpc) is 3.44. The summed E-state index contributed by atoms with van der Waals surface area (Å²) in [6.07, 6.45) is 12.1. The molecule has 3 aromatic carbocycles. The first kappa shape index (κ1) is 17.2. The van der Waals surface area contributed by atoms with Crippen LogP contribution in [0.1, 0.15) is 47.4 Å². The summed E-state index contributed by atoms with van der Waals surface area (Å²) in [5.74, 6) is 2.33. The van der Waals surface area contributed by atoms with Gasteiger partial charge in [-0.25, -0.2) is 0 Å². The van der Waals surface area contributed by atoms with Crippen LogP contribution in [0.25, 0.3) is 10.8 Å². The number of hydrogen-bond acceptors (Lipinski definition) is 1. The molecule has 0 spiro atoms. The Hall–Kier alpha value is -2.51.